The Kier molecular flexibility index (Phi) is 4.23. The number of hydrogen-bond acceptors (Lipinski definition) is 4. The van der Waals surface area contributed by atoms with Crippen LogP contribution in [0.3, 0.4) is 0 Å². The Bertz CT molecular complexity index is 737. The molecule has 1 aromatic heterocycles. The molecule has 6 nitrogen and oxygen atoms in total. The minimum Gasteiger partial charge on any atom is -0.460 e. The smallest absolute Gasteiger partial charge is 0.409 e. The molecule has 0 radical (unpaired) electrons. The number of rotatable bonds is 5. The number of aryl methyl sites for hydroxylation is 1. The summed E-state index contributed by atoms with van der Waals surface area (Å²) in [6.07, 6.45) is 0.344. The Labute approximate surface area is 134 Å². The van der Waals surface area contributed by atoms with Crippen molar-refractivity contribution < 1.29 is 18.7 Å². The molecule has 0 N–H and O–H groups in total. The largest absolute Gasteiger partial charge is 0.460 e. The Morgan fingerprint density at radius 1 is 1.35 bits per heavy atom. The van der Waals surface area contributed by atoms with E-state index >= 15 is 0 Å². The van der Waals surface area contributed by atoms with E-state index in [4.69, 9.17) is 9.15 Å². The lowest BCUT2D eigenvalue weighted by Crippen LogP contribution is -2.37. The van der Waals surface area contributed by atoms with Crippen LogP contribution in [0.4, 0.5) is 4.79 Å². The number of benzene rings is 1. The molecule has 1 aliphatic rings. The fourth-order valence-corrected chi connectivity index (χ4v) is 2.77. The average Bonchev–Trinajstić information content (AvgIpc) is 3.14. The summed E-state index contributed by atoms with van der Waals surface area (Å²) < 4.78 is 10.7. The fourth-order valence-electron chi connectivity index (χ4n) is 2.77. The number of likely N-dealkylation sites (N-methyl/N-ethyl adjacent to an activating group) is 1. The van der Waals surface area contributed by atoms with E-state index in [2.05, 4.69) is 0 Å². The van der Waals surface area contributed by atoms with E-state index in [-0.39, 0.29) is 12.0 Å². The lowest BCUT2D eigenvalue weighted by atomic mass is 10.1. The van der Waals surface area contributed by atoms with Crippen molar-refractivity contribution in [3.63, 3.8) is 0 Å². The number of furan rings is 1. The number of para-hydroxylation sites is 1. The van der Waals surface area contributed by atoms with Crippen molar-refractivity contribution in [3.8, 4) is 0 Å². The highest BCUT2D eigenvalue weighted by atomic mass is 16.6. The molecule has 2 amide bonds. The number of nitrogens with zero attached hydrogens (tertiary/aromatic N) is 2. The fraction of sp³-hybridized carbons (Fsp3) is 0.412. The van der Waals surface area contributed by atoms with Crippen LogP contribution in [0.1, 0.15) is 23.0 Å². The second kappa shape index (κ2) is 6.32. The van der Waals surface area contributed by atoms with Gasteiger partial charge >= 0.3 is 6.09 Å². The summed E-state index contributed by atoms with van der Waals surface area (Å²) in [6.45, 7) is 3.89. The van der Waals surface area contributed by atoms with Crippen LogP contribution in [0.25, 0.3) is 11.0 Å². The number of hydrogen-bond donors (Lipinski definition) is 0. The predicted molar refractivity (Wildman–Crippen MR) is 85.5 cm³/mol. The van der Waals surface area contributed by atoms with Crippen LogP contribution in [0.2, 0.25) is 0 Å². The Balaban J connectivity index is 1.78. The molecule has 0 spiro atoms. The van der Waals surface area contributed by atoms with E-state index < -0.39 is 0 Å². The highest BCUT2D eigenvalue weighted by Gasteiger charge is 2.25. The molecule has 1 fully saturated rings. The van der Waals surface area contributed by atoms with E-state index in [1.807, 2.05) is 31.2 Å². The normalized spacial score (nSPS) is 14.3. The van der Waals surface area contributed by atoms with Crippen molar-refractivity contribution in [2.45, 2.75) is 13.3 Å². The summed E-state index contributed by atoms with van der Waals surface area (Å²) in [5, 5.41) is 0.835. The number of carbonyl (C=O) groups is 2. The van der Waals surface area contributed by atoms with Gasteiger partial charge in [-0.15, -0.1) is 0 Å². The van der Waals surface area contributed by atoms with Gasteiger partial charge in [0.1, 0.15) is 18.0 Å². The number of ether oxygens (including phenoxy) is 1. The molecule has 1 aliphatic heterocycles. The van der Waals surface area contributed by atoms with Gasteiger partial charge in [-0.05, 0) is 6.07 Å². The molecule has 0 saturated carbocycles. The zero-order valence-corrected chi connectivity index (χ0v) is 13.4. The molecule has 2 heterocycles. The summed E-state index contributed by atoms with van der Waals surface area (Å²) >= 11 is 0. The molecule has 1 saturated heterocycles. The van der Waals surface area contributed by atoms with Gasteiger partial charge in [-0.2, -0.15) is 0 Å². The van der Waals surface area contributed by atoms with Gasteiger partial charge in [0.15, 0.2) is 0 Å². The monoisotopic (exact) mass is 316 g/mol. The Morgan fingerprint density at radius 2 is 2.13 bits per heavy atom. The van der Waals surface area contributed by atoms with Crippen LogP contribution >= 0.6 is 0 Å². The maximum atomic E-state index is 12.8. The molecular formula is C17H20N2O4. The first-order valence-corrected chi connectivity index (χ1v) is 7.79. The van der Waals surface area contributed by atoms with Gasteiger partial charge in [0, 0.05) is 31.9 Å². The summed E-state index contributed by atoms with van der Waals surface area (Å²) in [6, 6.07) is 7.55. The number of carbonyl (C=O) groups excluding carboxylic acids is 2. The molecule has 0 aliphatic carbocycles. The van der Waals surface area contributed by atoms with Crippen LogP contribution in [0.15, 0.2) is 28.7 Å². The minimum atomic E-state index is -0.311. The molecule has 122 valence electrons. The third-order valence-corrected chi connectivity index (χ3v) is 4.10. The molecular weight excluding hydrogens is 296 g/mol. The minimum absolute atomic E-state index is 0.0839. The van der Waals surface area contributed by atoms with Gasteiger partial charge in [-0.25, -0.2) is 4.79 Å². The predicted octanol–water partition coefficient (Wildman–Crippen LogP) is 2.52. The van der Waals surface area contributed by atoms with Crippen LogP contribution in [0.5, 0.6) is 0 Å². The summed E-state index contributed by atoms with van der Waals surface area (Å²) in [5.41, 5.74) is 1.35. The maximum Gasteiger partial charge on any atom is 0.409 e. The zero-order chi connectivity index (χ0) is 16.4. The van der Waals surface area contributed by atoms with Crippen molar-refractivity contribution in [2.24, 2.45) is 0 Å². The van der Waals surface area contributed by atoms with Gasteiger partial charge in [-0.1, -0.05) is 25.1 Å². The van der Waals surface area contributed by atoms with Gasteiger partial charge in [0.25, 0.3) is 5.91 Å². The van der Waals surface area contributed by atoms with Gasteiger partial charge in [0.2, 0.25) is 0 Å². The zero-order valence-electron chi connectivity index (χ0n) is 13.4. The van der Waals surface area contributed by atoms with E-state index in [9.17, 15) is 9.59 Å². The number of fused-ring (bicyclic) bond motifs is 1. The summed E-state index contributed by atoms with van der Waals surface area (Å²) in [5.74, 6) is 0.614. The average molecular weight is 316 g/mol. The first-order chi connectivity index (χ1) is 11.1. The molecule has 23 heavy (non-hydrogen) atoms. The molecule has 1 aromatic carbocycles. The van der Waals surface area contributed by atoms with Crippen molar-refractivity contribution in [3.05, 3.63) is 35.6 Å². The topological polar surface area (TPSA) is 63.0 Å². The summed E-state index contributed by atoms with van der Waals surface area (Å²) in [4.78, 5) is 27.5. The Morgan fingerprint density at radius 3 is 2.83 bits per heavy atom. The van der Waals surface area contributed by atoms with Crippen LogP contribution in [0, 0.1) is 0 Å². The highest BCUT2D eigenvalue weighted by Crippen LogP contribution is 2.27. The first-order valence-electron chi connectivity index (χ1n) is 7.79. The van der Waals surface area contributed by atoms with E-state index in [1.54, 1.807) is 16.8 Å². The second-order valence-electron chi connectivity index (χ2n) is 5.58. The van der Waals surface area contributed by atoms with Crippen molar-refractivity contribution in [2.75, 3.05) is 33.3 Å². The van der Waals surface area contributed by atoms with Gasteiger partial charge in [0.05, 0.1) is 12.1 Å². The number of cyclic esters (lactones) is 1. The van der Waals surface area contributed by atoms with Crippen LogP contribution in [-0.4, -0.2) is 55.1 Å². The lowest BCUT2D eigenvalue weighted by molar-refractivity contribution is 0.0782. The molecule has 3 rings (SSSR count). The molecule has 2 aromatic rings. The maximum absolute atomic E-state index is 12.8. The molecule has 0 bridgehead atoms. The van der Waals surface area contributed by atoms with E-state index in [0.717, 1.165) is 11.0 Å². The Hall–Kier alpha value is -2.50. The SMILES string of the molecule is CCc1oc2ccccc2c1C(=O)N(C)CCN1CCOC1=O. The molecule has 0 atom stereocenters. The quantitative estimate of drug-likeness (QED) is 0.850. The third-order valence-electron chi connectivity index (χ3n) is 4.10. The van der Waals surface area contributed by atoms with Gasteiger partial charge < -0.3 is 19.0 Å². The third kappa shape index (κ3) is 2.88. The first kappa shape index (κ1) is 15.4. The lowest BCUT2D eigenvalue weighted by Gasteiger charge is -2.20. The van der Waals surface area contributed by atoms with Crippen LogP contribution < -0.4 is 0 Å². The highest BCUT2D eigenvalue weighted by molar-refractivity contribution is 6.07. The number of amides is 2. The standard InChI is InChI=1S/C17H20N2O4/c1-3-13-15(12-6-4-5-7-14(12)23-13)16(20)18(2)8-9-19-10-11-22-17(19)21/h4-7H,3,8-11H2,1-2H3. The van der Waals surface area contributed by atoms with Crippen molar-refractivity contribution >= 4 is 23.0 Å². The molecule has 0 unspecified atom stereocenters. The molecule has 6 heteroatoms. The van der Waals surface area contributed by atoms with E-state index in [0.29, 0.717) is 44.0 Å². The second-order valence-corrected chi connectivity index (χ2v) is 5.58. The summed E-state index contributed by atoms with van der Waals surface area (Å²) in [7, 11) is 1.74. The van der Waals surface area contributed by atoms with Crippen LogP contribution in [-0.2, 0) is 11.2 Å². The van der Waals surface area contributed by atoms with Gasteiger partial charge in [-0.3, -0.25) is 4.79 Å². The van der Waals surface area contributed by atoms with Crippen molar-refractivity contribution in [1.82, 2.24) is 9.80 Å². The van der Waals surface area contributed by atoms with E-state index in [1.165, 1.54) is 0 Å². The van der Waals surface area contributed by atoms with Crippen molar-refractivity contribution in [1.29, 1.82) is 0 Å².